The van der Waals surface area contributed by atoms with Crippen LogP contribution in [0.4, 0.5) is 5.69 Å². The SMILES string of the molecule is CCC(CC)NC(=O)C(C)Nc1ccc2ccccc2c1. The molecule has 0 aliphatic heterocycles. The van der Waals surface area contributed by atoms with E-state index in [9.17, 15) is 4.79 Å². The normalized spacial score (nSPS) is 12.4. The van der Waals surface area contributed by atoms with E-state index in [4.69, 9.17) is 0 Å². The zero-order chi connectivity index (χ0) is 15.2. The molecule has 3 nitrogen and oxygen atoms in total. The third kappa shape index (κ3) is 3.97. The summed E-state index contributed by atoms with van der Waals surface area (Å²) in [5, 5.41) is 8.73. The molecule has 1 unspecified atom stereocenters. The fraction of sp³-hybridized carbons (Fsp3) is 0.389. The molecule has 1 atom stereocenters. The molecule has 2 aromatic carbocycles. The first-order chi connectivity index (χ1) is 10.1. The Morgan fingerprint density at radius 3 is 2.38 bits per heavy atom. The van der Waals surface area contributed by atoms with Gasteiger partial charge in [-0.2, -0.15) is 0 Å². The molecule has 21 heavy (non-hydrogen) atoms. The number of anilines is 1. The van der Waals surface area contributed by atoms with Gasteiger partial charge in [0.2, 0.25) is 5.91 Å². The Hall–Kier alpha value is -2.03. The van der Waals surface area contributed by atoms with E-state index in [-0.39, 0.29) is 18.0 Å². The van der Waals surface area contributed by atoms with Crippen molar-refractivity contribution in [1.82, 2.24) is 5.32 Å². The smallest absolute Gasteiger partial charge is 0.242 e. The highest BCUT2D eigenvalue weighted by atomic mass is 16.2. The summed E-state index contributed by atoms with van der Waals surface area (Å²) >= 11 is 0. The van der Waals surface area contributed by atoms with Gasteiger partial charge in [0.15, 0.2) is 0 Å². The third-order valence-corrected chi connectivity index (χ3v) is 3.86. The van der Waals surface area contributed by atoms with Gasteiger partial charge >= 0.3 is 0 Å². The number of fused-ring (bicyclic) bond motifs is 1. The largest absolute Gasteiger partial charge is 0.374 e. The van der Waals surface area contributed by atoms with Crippen LogP contribution in [0, 0.1) is 0 Å². The standard InChI is InChI=1S/C18H24N2O/c1-4-16(5-2)20-18(21)13(3)19-17-11-10-14-8-6-7-9-15(14)12-17/h6-13,16,19H,4-5H2,1-3H3,(H,20,21). The number of amides is 1. The minimum atomic E-state index is -0.244. The second-order valence-corrected chi connectivity index (χ2v) is 5.45. The number of rotatable bonds is 6. The van der Waals surface area contributed by atoms with Gasteiger partial charge in [-0.05, 0) is 42.7 Å². The highest BCUT2D eigenvalue weighted by molar-refractivity contribution is 5.88. The number of hydrogen-bond acceptors (Lipinski definition) is 2. The molecular formula is C18H24N2O. The molecule has 0 aliphatic carbocycles. The minimum Gasteiger partial charge on any atom is -0.374 e. The van der Waals surface area contributed by atoms with E-state index in [1.807, 2.05) is 25.1 Å². The van der Waals surface area contributed by atoms with Gasteiger partial charge in [0, 0.05) is 11.7 Å². The Labute approximate surface area is 126 Å². The maximum absolute atomic E-state index is 12.2. The molecule has 3 heteroatoms. The molecule has 2 aromatic rings. The Morgan fingerprint density at radius 1 is 1.05 bits per heavy atom. The van der Waals surface area contributed by atoms with Crippen molar-refractivity contribution < 1.29 is 4.79 Å². The van der Waals surface area contributed by atoms with Crippen LogP contribution in [0.3, 0.4) is 0 Å². The number of hydrogen-bond donors (Lipinski definition) is 2. The van der Waals surface area contributed by atoms with E-state index in [1.54, 1.807) is 0 Å². The predicted molar refractivity (Wildman–Crippen MR) is 89.5 cm³/mol. The number of nitrogens with one attached hydrogen (secondary N) is 2. The fourth-order valence-corrected chi connectivity index (χ4v) is 2.41. The molecule has 0 saturated carbocycles. The molecule has 2 N–H and O–H groups in total. The summed E-state index contributed by atoms with van der Waals surface area (Å²) in [5.74, 6) is 0.0526. The monoisotopic (exact) mass is 284 g/mol. The zero-order valence-corrected chi connectivity index (χ0v) is 13.0. The summed E-state index contributed by atoms with van der Waals surface area (Å²) in [6.45, 7) is 6.08. The van der Waals surface area contributed by atoms with Crippen LogP contribution in [0.5, 0.6) is 0 Å². The minimum absolute atomic E-state index is 0.0526. The summed E-state index contributed by atoms with van der Waals surface area (Å²) < 4.78 is 0. The van der Waals surface area contributed by atoms with E-state index >= 15 is 0 Å². The van der Waals surface area contributed by atoms with Gasteiger partial charge in [-0.1, -0.05) is 44.2 Å². The number of benzene rings is 2. The second kappa shape index (κ2) is 7.11. The topological polar surface area (TPSA) is 41.1 Å². The molecule has 0 spiro atoms. The molecule has 0 aromatic heterocycles. The van der Waals surface area contributed by atoms with Gasteiger partial charge in [0.1, 0.15) is 6.04 Å². The first kappa shape index (κ1) is 15.4. The third-order valence-electron chi connectivity index (χ3n) is 3.86. The van der Waals surface area contributed by atoms with E-state index in [0.717, 1.165) is 18.5 Å². The maximum atomic E-state index is 12.2. The summed E-state index contributed by atoms with van der Waals surface area (Å²) in [4.78, 5) is 12.2. The predicted octanol–water partition coefficient (Wildman–Crippen LogP) is 3.95. The van der Waals surface area contributed by atoms with E-state index in [1.165, 1.54) is 10.8 Å². The van der Waals surface area contributed by atoms with Crippen molar-refractivity contribution in [2.45, 2.75) is 45.7 Å². The average molecular weight is 284 g/mol. The van der Waals surface area contributed by atoms with Crippen molar-refractivity contribution in [3.63, 3.8) is 0 Å². The van der Waals surface area contributed by atoms with Crippen molar-refractivity contribution in [1.29, 1.82) is 0 Å². The van der Waals surface area contributed by atoms with Crippen molar-refractivity contribution >= 4 is 22.4 Å². The van der Waals surface area contributed by atoms with E-state index in [0.29, 0.717) is 0 Å². The first-order valence-electron chi connectivity index (χ1n) is 7.69. The zero-order valence-electron chi connectivity index (χ0n) is 13.0. The van der Waals surface area contributed by atoms with Crippen LogP contribution >= 0.6 is 0 Å². The number of carbonyl (C=O) groups excluding carboxylic acids is 1. The van der Waals surface area contributed by atoms with Crippen LogP contribution in [0.2, 0.25) is 0 Å². The van der Waals surface area contributed by atoms with Gasteiger partial charge in [-0.3, -0.25) is 4.79 Å². The molecular weight excluding hydrogens is 260 g/mol. The Bertz CT molecular complexity index is 605. The lowest BCUT2D eigenvalue weighted by Gasteiger charge is -2.20. The summed E-state index contributed by atoms with van der Waals surface area (Å²) in [7, 11) is 0. The van der Waals surface area contributed by atoms with Crippen LogP contribution in [0.25, 0.3) is 10.8 Å². The van der Waals surface area contributed by atoms with Crippen molar-refractivity contribution in [2.75, 3.05) is 5.32 Å². The highest BCUT2D eigenvalue weighted by Crippen LogP contribution is 2.19. The van der Waals surface area contributed by atoms with Crippen LogP contribution in [0.1, 0.15) is 33.6 Å². The lowest BCUT2D eigenvalue weighted by atomic mass is 10.1. The average Bonchev–Trinajstić information content (AvgIpc) is 2.52. The van der Waals surface area contributed by atoms with E-state index in [2.05, 4.69) is 48.7 Å². The second-order valence-electron chi connectivity index (χ2n) is 5.45. The first-order valence-corrected chi connectivity index (χ1v) is 7.69. The van der Waals surface area contributed by atoms with Gasteiger partial charge < -0.3 is 10.6 Å². The van der Waals surface area contributed by atoms with Gasteiger partial charge in [0.25, 0.3) is 0 Å². The van der Waals surface area contributed by atoms with Crippen LogP contribution in [0.15, 0.2) is 42.5 Å². The van der Waals surface area contributed by atoms with Crippen LogP contribution < -0.4 is 10.6 Å². The summed E-state index contributed by atoms with van der Waals surface area (Å²) in [6, 6.07) is 14.4. The Kier molecular flexibility index (Phi) is 5.20. The Balaban J connectivity index is 2.03. The van der Waals surface area contributed by atoms with Crippen LogP contribution in [-0.4, -0.2) is 18.0 Å². The molecule has 0 aliphatic rings. The van der Waals surface area contributed by atoms with Crippen molar-refractivity contribution in [2.24, 2.45) is 0 Å². The molecule has 0 heterocycles. The quantitative estimate of drug-likeness (QED) is 0.843. The lowest BCUT2D eigenvalue weighted by molar-refractivity contribution is -0.122. The molecule has 0 radical (unpaired) electrons. The van der Waals surface area contributed by atoms with Crippen molar-refractivity contribution in [3.8, 4) is 0 Å². The van der Waals surface area contributed by atoms with Crippen molar-refractivity contribution in [3.05, 3.63) is 42.5 Å². The molecule has 0 bridgehead atoms. The van der Waals surface area contributed by atoms with Crippen LogP contribution in [-0.2, 0) is 4.79 Å². The lowest BCUT2D eigenvalue weighted by Crippen LogP contribution is -2.42. The molecule has 2 rings (SSSR count). The molecule has 0 fully saturated rings. The maximum Gasteiger partial charge on any atom is 0.242 e. The fourth-order valence-electron chi connectivity index (χ4n) is 2.41. The Morgan fingerprint density at radius 2 is 1.71 bits per heavy atom. The summed E-state index contributed by atoms with van der Waals surface area (Å²) in [5.41, 5.74) is 0.973. The number of carbonyl (C=O) groups is 1. The van der Waals surface area contributed by atoms with E-state index < -0.39 is 0 Å². The highest BCUT2D eigenvalue weighted by Gasteiger charge is 2.15. The van der Waals surface area contributed by atoms with Gasteiger partial charge in [-0.25, -0.2) is 0 Å². The summed E-state index contributed by atoms with van der Waals surface area (Å²) in [6.07, 6.45) is 1.93. The molecule has 1 amide bonds. The van der Waals surface area contributed by atoms with Gasteiger partial charge in [0.05, 0.1) is 0 Å². The molecule has 0 saturated heterocycles. The molecule has 112 valence electrons. The van der Waals surface area contributed by atoms with Gasteiger partial charge in [-0.15, -0.1) is 0 Å².